The molecule has 4 aromatic rings. The Labute approximate surface area is 403 Å². The average molecular weight is 883 g/mol. The van der Waals surface area contributed by atoms with Gasteiger partial charge >= 0.3 is 0 Å². The molecule has 0 aliphatic carbocycles. The van der Waals surface area contributed by atoms with Crippen molar-refractivity contribution in [1.82, 2.24) is 0 Å². The molecule has 0 amide bonds. The molecule has 65 heavy (non-hydrogen) atoms. The largest absolute Gasteiger partial charge is 0.0958 e. The van der Waals surface area contributed by atoms with Crippen LogP contribution in [0.25, 0.3) is 22.3 Å². The molecule has 0 nitrogen and oxygen atoms in total. The van der Waals surface area contributed by atoms with Gasteiger partial charge in [0, 0.05) is 6.42 Å². The first-order chi connectivity index (χ1) is 31.6. The van der Waals surface area contributed by atoms with Crippen molar-refractivity contribution in [2.75, 3.05) is 0 Å². The first-order valence-electron chi connectivity index (χ1n) is 25.0. The van der Waals surface area contributed by atoms with Gasteiger partial charge in [-0.3, -0.25) is 0 Å². The second kappa shape index (κ2) is 32.6. The highest BCUT2D eigenvalue weighted by molar-refractivity contribution is 8.07. The van der Waals surface area contributed by atoms with E-state index in [1.54, 1.807) is 17.3 Å². The summed E-state index contributed by atoms with van der Waals surface area (Å²) in [6.07, 6.45) is 29.1. The van der Waals surface area contributed by atoms with Gasteiger partial charge in [0.25, 0.3) is 0 Å². The van der Waals surface area contributed by atoms with Gasteiger partial charge < -0.3 is 0 Å². The van der Waals surface area contributed by atoms with Crippen LogP contribution < -0.4 is 0 Å². The molecule has 1 aliphatic rings. The third kappa shape index (κ3) is 21.7. The van der Waals surface area contributed by atoms with Crippen LogP contribution in [0.1, 0.15) is 154 Å². The van der Waals surface area contributed by atoms with E-state index in [4.69, 9.17) is 0 Å². The maximum absolute atomic E-state index is 3.96. The van der Waals surface area contributed by atoms with Crippen LogP contribution in [-0.2, 0) is 25.7 Å². The van der Waals surface area contributed by atoms with Crippen LogP contribution in [0.2, 0.25) is 0 Å². The highest BCUT2D eigenvalue weighted by Crippen LogP contribution is 2.33. The molecule has 0 N–H and O–H groups in total. The molecule has 0 bridgehead atoms. The number of thioether (sulfide) groups is 1. The van der Waals surface area contributed by atoms with Gasteiger partial charge in [0.1, 0.15) is 0 Å². The fraction of sp³-hybridized carbons (Fsp3) is 0.375. The fourth-order valence-electron chi connectivity index (χ4n) is 7.33. The molecular weight excluding hydrogens is 801 g/mol. The minimum Gasteiger partial charge on any atom is -0.0958 e. The standard InChI is InChI=1S/C45H52S.C16H22.C3H8/c1-3-5-7-12-36-19-27-40(28-20-36)42-31-23-38(24-32-42)14-9-16-44-17-11-35-46-45(44)18-10-15-39-25-33-43(34-26-39)41-29-21-37(22-30-41)13-8-6-4-2;1-7-13(3)9-11-15(5)16(6)12-10-14(4)8-2;1-3-2/h19-34H,3-10,12-18H2,1-2H3;9-12H,3-8H2,1-2H3;3H2,1-2H3/b;11-9-,12-10-;. The Kier molecular flexibility index (Phi) is 27.2. The van der Waals surface area contributed by atoms with E-state index in [0.29, 0.717) is 0 Å². The van der Waals surface area contributed by atoms with Gasteiger partial charge in [-0.2, -0.15) is 0 Å². The van der Waals surface area contributed by atoms with E-state index >= 15 is 0 Å². The maximum Gasteiger partial charge on any atom is 0.0319 e. The third-order valence-corrected chi connectivity index (χ3v) is 12.7. The van der Waals surface area contributed by atoms with Crippen LogP contribution >= 0.6 is 11.8 Å². The van der Waals surface area contributed by atoms with Gasteiger partial charge in [-0.15, -0.1) is 0 Å². The van der Waals surface area contributed by atoms with Crippen molar-refractivity contribution in [3.63, 3.8) is 0 Å². The number of hydrogen-bond acceptors (Lipinski definition) is 1. The maximum atomic E-state index is 3.96. The van der Waals surface area contributed by atoms with Crippen molar-refractivity contribution in [1.29, 1.82) is 0 Å². The average Bonchev–Trinajstić information content (AvgIpc) is 3.34. The van der Waals surface area contributed by atoms with Crippen molar-refractivity contribution in [2.45, 2.75) is 157 Å². The lowest BCUT2D eigenvalue weighted by molar-refractivity contribution is 0.717. The van der Waals surface area contributed by atoms with E-state index in [2.05, 4.69) is 176 Å². The zero-order valence-electron chi connectivity index (χ0n) is 41.5. The van der Waals surface area contributed by atoms with Crippen LogP contribution in [0.3, 0.4) is 0 Å². The molecule has 0 atom stereocenters. The Morgan fingerprint density at radius 2 is 0.785 bits per heavy atom. The summed E-state index contributed by atoms with van der Waals surface area (Å²) in [4.78, 5) is 1.53. The summed E-state index contributed by atoms with van der Waals surface area (Å²) in [6.45, 7) is 28.7. The smallest absolute Gasteiger partial charge is 0.0319 e. The second-order valence-electron chi connectivity index (χ2n) is 17.4. The number of allylic oxidation sites excluding steroid dienone is 10. The van der Waals surface area contributed by atoms with E-state index in [1.165, 1.54) is 120 Å². The topological polar surface area (TPSA) is 0 Å². The lowest BCUT2D eigenvalue weighted by atomic mass is 9.97. The van der Waals surface area contributed by atoms with Gasteiger partial charge in [0.15, 0.2) is 0 Å². The molecule has 0 unspecified atom stereocenters. The lowest BCUT2D eigenvalue weighted by Crippen LogP contribution is -1.96. The summed E-state index contributed by atoms with van der Waals surface area (Å²) in [7, 11) is 0. The molecule has 1 heteroatoms. The summed E-state index contributed by atoms with van der Waals surface area (Å²) in [5.41, 5.74) is 16.6. The molecule has 344 valence electrons. The van der Waals surface area contributed by atoms with E-state index in [-0.39, 0.29) is 0 Å². The summed E-state index contributed by atoms with van der Waals surface area (Å²) >= 11 is 1.78. The number of unbranched alkanes of at least 4 members (excludes halogenated alkanes) is 4. The van der Waals surface area contributed by atoms with Gasteiger partial charge in [-0.1, -0.05) is 238 Å². The molecule has 0 saturated heterocycles. The molecular formula is C64H82S. The van der Waals surface area contributed by atoms with Gasteiger partial charge in [0.2, 0.25) is 0 Å². The predicted octanol–water partition coefficient (Wildman–Crippen LogP) is 19.7. The highest BCUT2D eigenvalue weighted by atomic mass is 32.2. The number of rotatable bonds is 25. The Morgan fingerprint density at radius 3 is 1.12 bits per heavy atom. The van der Waals surface area contributed by atoms with Crippen LogP contribution in [-0.4, -0.2) is 0 Å². The van der Waals surface area contributed by atoms with E-state index in [0.717, 1.165) is 67.2 Å². The molecule has 1 aliphatic heterocycles. The monoisotopic (exact) mass is 883 g/mol. The summed E-state index contributed by atoms with van der Waals surface area (Å²) in [5.74, 6) is 3.36. The Morgan fingerprint density at radius 1 is 0.446 bits per heavy atom. The van der Waals surface area contributed by atoms with Crippen LogP contribution in [0.4, 0.5) is 0 Å². The van der Waals surface area contributed by atoms with Gasteiger partial charge in [-0.25, -0.2) is 0 Å². The van der Waals surface area contributed by atoms with Crippen molar-refractivity contribution < 1.29 is 0 Å². The molecule has 0 fully saturated rings. The van der Waals surface area contributed by atoms with Crippen LogP contribution in [0.15, 0.2) is 180 Å². The summed E-state index contributed by atoms with van der Waals surface area (Å²) in [5, 5.41) is 3.31. The van der Waals surface area contributed by atoms with Gasteiger partial charge in [-0.05, 0) is 160 Å². The summed E-state index contributed by atoms with van der Waals surface area (Å²) < 4.78 is 0. The minimum absolute atomic E-state index is 0.912. The van der Waals surface area contributed by atoms with Crippen molar-refractivity contribution in [3.8, 4) is 33.4 Å². The van der Waals surface area contributed by atoms with E-state index in [9.17, 15) is 0 Å². The van der Waals surface area contributed by atoms with Crippen LogP contribution in [0, 0.1) is 11.2 Å². The van der Waals surface area contributed by atoms with E-state index in [1.807, 2.05) is 24.3 Å². The molecule has 0 saturated carbocycles. The normalized spacial score (nSPS) is 11.9. The number of benzene rings is 4. The third-order valence-electron chi connectivity index (χ3n) is 11.7. The Bertz CT molecular complexity index is 2020. The van der Waals surface area contributed by atoms with Crippen molar-refractivity contribution >= 4 is 11.8 Å². The predicted molar refractivity (Wildman–Crippen MR) is 294 cm³/mol. The molecule has 1 heterocycles. The Hall–Kier alpha value is -5.03. The quantitative estimate of drug-likeness (QED) is 0.0363. The zero-order chi connectivity index (χ0) is 47.1. The molecule has 0 radical (unpaired) electrons. The fourth-order valence-corrected chi connectivity index (χ4v) is 8.16. The first kappa shape index (κ1) is 54.3. The minimum atomic E-state index is 0.912. The molecule has 0 aromatic heterocycles. The molecule has 4 aromatic carbocycles. The SMILES string of the molecule is C=C(/C=C\C(=C)C(=C)/C=C\C(=C)CC)CC.CCC.CCCCCc1ccc(-c2ccc(CCCC3=C(CCCc4ccc(-c5ccc(CCCCC)cc5)cc4)SC#CC3)cc2)cc1. The first-order valence-corrected chi connectivity index (χ1v) is 25.8. The number of hydrogen-bond donors (Lipinski definition) is 0. The molecule has 0 spiro atoms. The highest BCUT2D eigenvalue weighted by Gasteiger charge is 2.11. The molecule has 5 rings (SSSR count). The zero-order valence-corrected chi connectivity index (χ0v) is 42.3. The lowest BCUT2D eigenvalue weighted by Gasteiger charge is -2.14. The Balaban J connectivity index is 0.000000497. The van der Waals surface area contributed by atoms with E-state index < -0.39 is 0 Å². The van der Waals surface area contributed by atoms with Crippen LogP contribution in [0.5, 0.6) is 0 Å². The van der Waals surface area contributed by atoms with Crippen molar-refractivity contribution in [2.24, 2.45) is 0 Å². The van der Waals surface area contributed by atoms with Gasteiger partial charge in [0.05, 0.1) is 0 Å². The van der Waals surface area contributed by atoms with Crippen molar-refractivity contribution in [3.05, 3.63) is 203 Å². The number of aryl methyl sites for hydroxylation is 4. The second-order valence-corrected chi connectivity index (χ2v) is 18.3. The summed E-state index contributed by atoms with van der Waals surface area (Å²) in [6, 6.07) is 36.9.